The van der Waals surface area contributed by atoms with E-state index in [-0.39, 0.29) is 5.91 Å². The fraction of sp³-hybridized carbons (Fsp3) is 0.0400. The van der Waals surface area contributed by atoms with Gasteiger partial charge in [0, 0.05) is 23.3 Å². The van der Waals surface area contributed by atoms with Crippen LogP contribution in [0.15, 0.2) is 109 Å². The molecule has 0 saturated heterocycles. The van der Waals surface area contributed by atoms with E-state index in [1.807, 2.05) is 73.1 Å². The first kappa shape index (κ1) is 18.4. The molecule has 0 aliphatic heterocycles. The van der Waals surface area contributed by atoms with Crippen LogP contribution in [-0.4, -0.2) is 5.91 Å². The number of carbonyl (C=O) groups excluding carboxylic acids is 1. The van der Waals surface area contributed by atoms with Gasteiger partial charge < -0.3 is 10.1 Å². The lowest BCUT2D eigenvalue weighted by molar-refractivity contribution is -0.688. The molecule has 0 fully saturated rings. The smallest absolute Gasteiger partial charge is 0.255 e. The Morgan fingerprint density at radius 2 is 1.31 bits per heavy atom. The number of pyridine rings is 1. The van der Waals surface area contributed by atoms with Crippen molar-refractivity contribution in [3.8, 4) is 11.5 Å². The molecule has 4 heteroatoms. The quantitative estimate of drug-likeness (QED) is 0.474. The summed E-state index contributed by atoms with van der Waals surface area (Å²) in [6.45, 7) is 0.790. The topological polar surface area (TPSA) is 42.2 Å². The monoisotopic (exact) mass is 381 g/mol. The molecule has 1 N–H and O–H groups in total. The Morgan fingerprint density at radius 3 is 1.97 bits per heavy atom. The van der Waals surface area contributed by atoms with Crippen LogP contribution in [0.25, 0.3) is 0 Å². The van der Waals surface area contributed by atoms with Crippen LogP contribution in [0, 0.1) is 0 Å². The predicted octanol–water partition coefficient (Wildman–Crippen LogP) is 5.07. The van der Waals surface area contributed by atoms with Crippen LogP contribution in [0.1, 0.15) is 15.9 Å². The lowest BCUT2D eigenvalue weighted by Gasteiger charge is -2.07. The van der Waals surface area contributed by atoms with Gasteiger partial charge in [-0.2, -0.15) is 0 Å². The molecule has 4 rings (SSSR count). The highest BCUT2D eigenvalue weighted by atomic mass is 16.5. The molecule has 1 amide bonds. The molecule has 0 atom stereocenters. The minimum absolute atomic E-state index is 0.155. The zero-order valence-corrected chi connectivity index (χ0v) is 15.9. The molecule has 0 bridgehead atoms. The predicted molar refractivity (Wildman–Crippen MR) is 113 cm³/mol. The summed E-state index contributed by atoms with van der Waals surface area (Å²) in [4.78, 5) is 12.5. The van der Waals surface area contributed by atoms with Gasteiger partial charge in [-0.1, -0.05) is 48.5 Å². The zero-order chi connectivity index (χ0) is 19.9. The number of hydrogen-bond donors (Lipinski definition) is 1. The van der Waals surface area contributed by atoms with Crippen molar-refractivity contribution >= 4 is 11.6 Å². The summed E-state index contributed by atoms with van der Waals surface area (Å²) in [6.07, 6.45) is 3.92. The molecule has 1 heterocycles. The van der Waals surface area contributed by atoms with Gasteiger partial charge in [0.2, 0.25) is 0 Å². The lowest BCUT2D eigenvalue weighted by Crippen LogP contribution is -2.33. The summed E-state index contributed by atoms with van der Waals surface area (Å²) in [5.41, 5.74) is 2.56. The standard InChI is InChI=1S/C25H20N2O2/c28-25(21-11-13-24(14-12-21)29-23-9-5-2-6-10-23)26-22-15-17-27(18-16-22)19-20-7-3-1-4-8-20/h1-18H,19H2/p+1. The van der Waals surface area contributed by atoms with Gasteiger partial charge in [0.15, 0.2) is 18.9 Å². The van der Waals surface area contributed by atoms with E-state index in [0.29, 0.717) is 11.3 Å². The number of para-hydroxylation sites is 1. The Kier molecular flexibility index (Phi) is 5.63. The minimum Gasteiger partial charge on any atom is -0.457 e. The van der Waals surface area contributed by atoms with Crippen LogP contribution in [0.4, 0.5) is 5.69 Å². The second-order valence-corrected chi connectivity index (χ2v) is 6.64. The largest absolute Gasteiger partial charge is 0.457 e. The third-order valence-corrected chi connectivity index (χ3v) is 4.45. The van der Waals surface area contributed by atoms with Crippen molar-refractivity contribution in [2.24, 2.45) is 0 Å². The molecule has 4 nitrogen and oxygen atoms in total. The lowest BCUT2D eigenvalue weighted by atomic mass is 10.2. The number of nitrogens with zero attached hydrogens (tertiary/aromatic N) is 1. The van der Waals surface area contributed by atoms with Gasteiger partial charge in [-0.05, 0) is 36.4 Å². The fourth-order valence-corrected chi connectivity index (χ4v) is 2.94. The van der Waals surface area contributed by atoms with E-state index in [0.717, 1.165) is 18.0 Å². The maximum Gasteiger partial charge on any atom is 0.255 e. The van der Waals surface area contributed by atoms with Crippen LogP contribution in [-0.2, 0) is 6.54 Å². The van der Waals surface area contributed by atoms with E-state index >= 15 is 0 Å². The van der Waals surface area contributed by atoms with Crippen LogP contribution in [0.3, 0.4) is 0 Å². The first-order valence-electron chi connectivity index (χ1n) is 9.44. The molecular weight excluding hydrogens is 360 g/mol. The second kappa shape index (κ2) is 8.85. The molecule has 4 aromatic rings. The normalized spacial score (nSPS) is 10.3. The maximum atomic E-state index is 12.5. The Hall–Kier alpha value is -3.92. The highest BCUT2D eigenvalue weighted by molar-refractivity contribution is 6.04. The van der Waals surface area contributed by atoms with Crippen molar-refractivity contribution in [1.82, 2.24) is 0 Å². The number of hydrogen-bond acceptors (Lipinski definition) is 2. The van der Waals surface area contributed by atoms with Gasteiger partial charge in [0.25, 0.3) is 5.91 Å². The van der Waals surface area contributed by atoms with Gasteiger partial charge in [-0.25, -0.2) is 4.57 Å². The number of nitrogens with one attached hydrogen (secondary N) is 1. The van der Waals surface area contributed by atoms with Crippen molar-refractivity contribution in [2.45, 2.75) is 6.54 Å². The van der Waals surface area contributed by atoms with Crippen molar-refractivity contribution < 1.29 is 14.1 Å². The van der Waals surface area contributed by atoms with Gasteiger partial charge in [0.1, 0.15) is 11.5 Å². The number of rotatable bonds is 6. The molecule has 0 spiro atoms. The average Bonchev–Trinajstić information content (AvgIpc) is 2.77. The van der Waals surface area contributed by atoms with Crippen molar-refractivity contribution in [3.63, 3.8) is 0 Å². The fourth-order valence-electron chi connectivity index (χ4n) is 2.94. The zero-order valence-electron chi connectivity index (χ0n) is 15.9. The molecular formula is C25H21N2O2+. The Balaban J connectivity index is 1.36. The van der Waals surface area contributed by atoms with Crippen LogP contribution >= 0.6 is 0 Å². The minimum atomic E-state index is -0.155. The first-order valence-corrected chi connectivity index (χ1v) is 9.44. The van der Waals surface area contributed by atoms with E-state index in [1.54, 1.807) is 24.3 Å². The van der Waals surface area contributed by atoms with E-state index in [4.69, 9.17) is 4.74 Å². The maximum absolute atomic E-state index is 12.5. The Morgan fingerprint density at radius 1 is 0.724 bits per heavy atom. The van der Waals surface area contributed by atoms with E-state index in [9.17, 15) is 4.79 Å². The summed E-state index contributed by atoms with van der Waals surface area (Å²) in [5, 5.41) is 2.93. The van der Waals surface area contributed by atoms with E-state index in [2.05, 4.69) is 22.0 Å². The third kappa shape index (κ3) is 5.08. The number of ether oxygens (including phenoxy) is 1. The third-order valence-electron chi connectivity index (χ3n) is 4.45. The van der Waals surface area contributed by atoms with Crippen molar-refractivity contribution in [2.75, 3.05) is 5.32 Å². The number of anilines is 1. The van der Waals surface area contributed by atoms with E-state index < -0.39 is 0 Å². The van der Waals surface area contributed by atoms with Crippen LogP contribution < -0.4 is 14.6 Å². The molecule has 29 heavy (non-hydrogen) atoms. The molecule has 0 aliphatic carbocycles. The molecule has 0 saturated carbocycles. The average molecular weight is 381 g/mol. The highest BCUT2D eigenvalue weighted by Crippen LogP contribution is 2.21. The molecule has 142 valence electrons. The molecule has 0 radical (unpaired) electrons. The number of aromatic nitrogens is 1. The summed E-state index contributed by atoms with van der Waals surface area (Å²) >= 11 is 0. The van der Waals surface area contributed by atoms with Gasteiger partial charge in [0.05, 0.1) is 5.69 Å². The summed E-state index contributed by atoms with van der Waals surface area (Å²) in [5.74, 6) is 1.30. The SMILES string of the molecule is O=C(Nc1cc[n+](Cc2ccccc2)cc1)c1ccc(Oc2ccccc2)cc1. The number of carbonyl (C=O) groups is 1. The van der Waals surface area contributed by atoms with Gasteiger partial charge >= 0.3 is 0 Å². The molecule has 0 unspecified atom stereocenters. The van der Waals surface area contributed by atoms with Crippen molar-refractivity contribution in [1.29, 1.82) is 0 Å². The summed E-state index contributed by atoms with van der Waals surface area (Å²) in [7, 11) is 0. The number of benzene rings is 3. The molecule has 3 aromatic carbocycles. The highest BCUT2D eigenvalue weighted by Gasteiger charge is 2.08. The Labute approximate surface area is 170 Å². The molecule has 1 aromatic heterocycles. The van der Waals surface area contributed by atoms with Crippen LogP contribution in [0.5, 0.6) is 11.5 Å². The van der Waals surface area contributed by atoms with Gasteiger partial charge in [-0.3, -0.25) is 4.79 Å². The first-order chi connectivity index (χ1) is 14.3. The van der Waals surface area contributed by atoms with E-state index in [1.165, 1.54) is 5.56 Å². The Bertz CT molecular complexity index is 1060. The van der Waals surface area contributed by atoms with Crippen molar-refractivity contribution in [3.05, 3.63) is 121 Å². The summed E-state index contributed by atoms with van der Waals surface area (Å²) in [6, 6.07) is 30.7. The molecule has 0 aliphatic rings. The number of amides is 1. The van der Waals surface area contributed by atoms with Crippen LogP contribution in [0.2, 0.25) is 0 Å². The van der Waals surface area contributed by atoms with Gasteiger partial charge in [-0.15, -0.1) is 0 Å². The second-order valence-electron chi connectivity index (χ2n) is 6.64. The summed E-state index contributed by atoms with van der Waals surface area (Å²) < 4.78 is 7.83.